The van der Waals surface area contributed by atoms with Crippen molar-refractivity contribution in [3.05, 3.63) is 0 Å². The van der Waals surface area contributed by atoms with Gasteiger partial charge in [-0.2, -0.15) is 11.8 Å². The zero-order valence-electron chi connectivity index (χ0n) is 8.54. The summed E-state index contributed by atoms with van der Waals surface area (Å²) in [6.45, 7) is 0. The van der Waals surface area contributed by atoms with Crippen LogP contribution in [-0.2, 0) is 0 Å². The lowest BCUT2D eigenvalue weighted by molar-refractivity contribution is 0.693. The van der Waals surface area contributed by atoms with Gasteiger partial charge in [0.05, 0.1) is 11.3 Å². The molecule has 2 rings (SSSR count). The van der Waals surface area contributed by atoms with Gasteiger partial charge in [0.25, 0.3) is 0 Å². The first-order valence-electron chi connectivity index (χ1n) is 5.56. The van der Waals surface area contributed by atoms with E-state index in [9.17, 15) is 0 Å². The fourth-order valence-corrected chi connectivity index (χ4v) is 3.47. The van der Waals surface area contributed by atoms with Crippen molar-refractivity contribution < 1.29 is 0 Å². The first-order chi connectivity index (χ1) is 6.90. The molecule has 14 heavy (non-hydrogen) atoms. The molecule has 3 nitrogen and oxygen atoms in total. The minimum atomic E-state index is 0.542. The summed E-state index contributed by atoms with van der Waals surface area (Å²) >= 11 is 1.99. The van der Waals surface area contributed by atoms with E-state index in [2.05, 4.69) is 5.43 Å². The molecular formula is C10H19N3S. The van der Waals surface area contributed by atoms with Crippen molar-refractivity contribution in [2.45, 2.75) is 49.8 Å². The van der Waals surface area contributed by atoms with Crippen molar-refractivity contribution in [3.8, 4) is 0 Å². The Morgan fingerprint density at radius 1 is 1.21 bits per heavy atom. The Balaban J connectivity index is 1.95. The number of aliphatic imine (C=N–C) groups is 1. The lowest BCUT2D eigenvalue weighted by Gasteiger charge is -2.14. The molecule has 2 aliphatic rings. The van der Waals surface area contributed by atoms with Crippen LogP contribution in [0.4, 0.5) is 0 Å². The van der Waals surface area contributed by atoms with Crippen LogP contribution in [-0.4, -0.2) is 22.9 Å². The third kappa shape index (κ3) is 2.42. The average Bonchev–Trinajstić information content (AvgIpc) is 2.86. The highest BCUT2D eigenvalue weighted by molar-refractivity contribution is 8.00. The number of rotatable bonds is 2. The van der Waals surface area contributed by atoms with Gasteiger partial charge in [0.15, 0.2) is 0 Å². The SMILES string of the molecule is NNC(=NC1CCCC1)C1CCCS1. The van der Waals surface area contributed by atoms with Gasteiger partial charge in [0.2, 0.25) is 0 Å². The summed E-state index contributed by atoms with van der Waals surface area (Å²) in [6.07, 6.45) is 7.72. The van der Waals surface area contributed by atoms with Crippen LogP contribution in [0, 0.1) is 0 Å². The zero-order chi connectivity index (χ0) is 9.80. The highest BCUT2D eigenvalue weighted by Crippen LogP contribution is 2.28. The van der Waals surface area contributed by atoms with Crippen molar-refractivity contribution in [2.75, 3.05) is 5.75 Å². The number of hydrogen-bond acceptors (Lipinski definition) is 3. The minimum Gasteiger partial charge on any atom is -0.311 e. The Morgan fingerprint density at radius 3 is 2.57 bits per heavy atom. The molecule has 1 saturated carbocycles. The largest absolute Gasteiger partial charge is 0.311 e. The number of amidine groups is 1. The van der Waals surface area contributed by atoms with Crippen molar-refractivity contribution in [1.29, 1.82) is 0 Å². The molecule has 0 aromatic rings. The van der Waals surface area contributed by atoms with Crippen molar-refractivity contribution in [3.63, 3.8) is 0 Å². The number of thioether (sulfide) groups is 1. The van der Waals surface area contributed by atoms with Gasteiger partial charge >= 0.3 is 0 Å². The topological polar surface area (TPSA) is 50.4 Å². The van der Waals surface area contributed by atoms with Crippen LogP contribution in [0.25, 0.3) is 0 Å². The molecular weight excluding hydrogens is 194 g/mol. The lowest BCUT2D eigenvalue weighted by atomic mass is 10.2. The van der Waals surface area contributed by atoms with Crippen molar-refractivity contribution in [1.82, 2.24) is 5.43 Å². The van der Waals surface area contributed by atoms with E-state index in [0.29, 0.717) is 11.3 Å². The second-order valence-electron chi connectivity index (χ2n) is 4.10. The van der Waals surface area contributed by atoms with E-state index in [1.807, 2.05) is 11.8 Å². The molecule has 0 amide bonds. The Morgan fingerprint density at radius 2 is 2.00 bits per heavy atom. The third-order valence-corrected chi connectivity index (χ3v) is 4.41. The number of hydrazine groups is 1. The summed E-state index contributed by atoms with van der Waals surface area (Å²) in [6, 6.07) is 0.544. The van der Waals surface area contributed by atoms with E-state index in [-0.39, 0.29) is 0 Å². The van der Waals surface area contributed by atoms with Crippen LogP contribution in [0.1, 0.15) is 38.5 Å². The molecule has 1 aliphatic heterocycles. The molecule has 1 saturated heterocycles. The molecule has 1 aliphatic carbocycles. The van der Waals surface area contributed by atoms with Gasteiger partial charge in [0.1, 0.15) is 5.84 Å². The van der Waals surface area contributed by atoms with Crippen LogP contribution >= 0.6 is 11.8 Å². The van der Waals surface area contributed by atoms with Crippen LogP contribution in [0.3, 0.4) is 0 Å². The summed E-state index contributed by atoms with van der Waals surface area (Å²) < 4.78 is 0. The molecule has 1 unspecified atom stereocenters. The van der Waals surface area contributed by atoms with E-state index < -0.39 is 0 Å². The summed E-state index contributed by atoms with van der Waals surface area (Å²) in [7, 11) is 0. The van der Waals surface area contributed by atoms with E-state index in [1.165, 1.54) is 44.3 Å². The molecule has 0 aromatic carbocycles. The first kappa shape index (κ1) is 10.3. The molecule has 0 spiro atoms. The quantitative estimate of drug-likeness (QED) is 0.318. The Labute approximate surface area is 89.9 Å². The maximum absolute atomic E-state index is 5.54. The van der Waals surface area contributed by atoms with Gasteiger partial charge < -0.3 is 5.43 Å². The number of nitrogens with one attached hydrogen (secondary N) is 1. The molecule has 3 N–H and O–H groups in total. The molecule has 1 atom stereocenters. The second-order valence-corrected chi connectivity index (χ2v) is 5.41. The molecule has 0 aromatic heterocycles. The second kappa shape index (κ2) is 5.03. The zero-order valence-corrected chi connectivity index (χ0v) is 9.35. The summed E-state index contributed by atoms with van der Waals surface area (Å²) in [4.78, 5) is 4.74. The van der Waals surface area contributed by atoms with Crippen LogP contribution in [0.15, 0.2) is 4.99 Å². The van der Waals surface area contributed by atoms with Gasteiger partial charge in [-0.25, -0.2) is 5.84 Å². The molecule has 4 heteroatoms. The fourth-order valence-electron chi connectivity index (χ4n) is 2.24. The maximum atomic E-state index is 5.54. The minimum absolute atomic E-state index is 0.542. The number of nitrogens with two attached hydrogens (primary N) is 1. The van der Waals surface area contributed by atoms with Crippen LogP contribution in [0.2, 0.25) is 0 Å². The van der Waals surface area contributed by atoms with E-state index in [1.54, 1.807) is 0 Å². The normalized spacial score (nSPS) is 29.8. The van der Waals surface area contributed by atoms with E-state index in [0.717, 1.165) is 5.84 Å². The summed E-state index contributed by atoms with van der Waals surface area (Å²) in [5.41, 5.74) is 2.80. The standard InChI is InChI=1S/C10H19N3S/c11-13-10(9-6-3-7-14-9)12-8-4-1-2-5-8/h8-9H,1-7,11H2,(H,12,13). The number of nitrogens with zero attached hydrogens (tertiary/aromatic N) is 1. The fraction of sp³-hybridized carbons (Fsp3) is 0.900. The molecule has 0 radical (unpaired) electrons. The Hall–Kier alpha value is -0.220. The van der Waals surface area contributed by atoms with Gasteiger partial charge in [-0.3, -0.25) is 4.99 Å². The first-order valence-corrected chi connectivity index (χ1v) is 6.61. The number of hydrogen-bond donors (Lipinski definition) is 2. The molecule has 1 heterocycles. The van der Waals surface area contributed by atoms with E-state index in [4.69, 9.17) is 10.8 Å². The molecule has 80 valence electrons. The molecule has 2 fully saturated rings. The lowest BCUT2D eigenvalue weighted by Crippen LogP contribution is -2.37. The van der Waals surface area contributed by atoms with Gasteiger partial charge in [-0.1, -0.05) is 12.8 Å². The Kier molecular flexibility index (Phi) is 3.70. The summed E-state index contributed by atoms with van der Waals surface area (Å²) in [5, 5.41) is 0.542. The van der Waals surface area contributed by atoms with Gasteiger partial charge in [-0.05, 0) is 31.4 Å². The van der Waals surface area contributed by atoms with Crippen LogP contribution in [0.5, 0.6) is 0 Å². The Bertz CT molecular complexity index is 205. The predicted octanol–water partition coefficient (Wildman–Crippen LogP) is 1.69. The highest BCUT2D eigenvalue weighted by Gasteiger charge is 2.23. The highest BCUT2D eigenvalue weighted by atomic mass is 32.2. The average molecular weight is 213 g/mol. The smallest absolute Gasteiger partial charge is 0.124 e. The van der Waals surface area contributed by atoms with Gasteiger partial charge in [-0.15, -0.1) is 0 Å². The van der Waals surface area contributed by atoms with Crippen molar-refractivity contribution >= 4 is 17.6 Å². The van der Waals surface area contributed by atoms with Crippen molar-refractivity contribution in [2.24, 2.45) is 10.8 Å². The van der Waals surface area contributed by atoms with Crippen LogP contribution < -0.4 is 11.3 Å². The summed E-state index contributed by atoms with van der Waals surface area (Å²) in [5.74, 6) is 7.84. The maximum Gasteiger partial charge on any atom is 0.124 e. The van der Waals surface area contributed by atoms with E-state index >= 15 is 0 Å². The third-order valence-electron chi connectivity index (χ3n) is 3.03. The molecule has 0 bridgehead atoms. The predicted molar refractivity (Wildman–Crippen MR) is 62.5 cm³/mol. The van der Waals surface area contributed by atoms with Gasteiger partial charge in [0, 0.05) is 0 Å². The monoisotopic (exact) mass is 213 g/mol.